The Bertz CT molecular complexity index is 436. The molecule has 0 aliphatic rings. The third-order valence-corrected chi connectivity index (χ3v) is 3.02. The van der Waals surface area contributed by atoms with Crippen LogP contribution >= 0.6 is 11.6 Å². The Morgan fingerprint density at radius 2 is 2.15 bits per heavy atom. The van der Waals surface area contributed by atoms with Crippen LogP contribution in [0, 0.1) is 5.92 Å². The second-order valence-electron chi connectivity index (χ2n) is 4.98. The Balaban J connectivity index is 2.65. The molecule has 0 heterocycles. The summed E-state index contributed by atoms with van der Waals surface area (Å²) in [4.78, 5) is 11.4. The van der Waals surface area contributed by atoms with Crippen molar-refractivity contribution in [2.24, 2.45) is 5.92 Å². The van der Waals surface area contributed by atoms with Crippen molar-refractivity contribution in [1.82, 2.24) is 10.6 Å². The van der Waals surface area contributed by atoms with Crippen LogP contribution in [0.5, 0.6) is 5.75 Å². The van der Waals surface area contributed by atoms with E-state index in [4.69, 9.17) is 16.3 Å². The average molecular weight is 299 g/mol. The van der Waals surface area contributed by atoms with Gasteiger partial charge in [-0.2, -0.15) is 0 Å². The van der Waals surface area contributed by atoms with Gasteiger partial charge in [-0.05, 0) is 31.5 Å². The molecule has 20 heavy (non-hydrogen) atoms. The van der Waals surface area contributed by atoms with Crippen LogP contribution in [0.2, 0.25) is 5.02 Å². The zero-order valence-corrected chi connectivity index (χ0v) is 13.1. The number of benzene rings is 1. The Morgan fingerprint density at radius 1 is 1.40 bits per heavy atom. The van der Waals surface area contributed by atoms with E-state index in [1.807, 2.05) is 25.1 Å². The maximum atomic E-state index is 11.4. The topological polar surface area (TPSA) is 50.4 Å². The summed E-state index contributed by atoms with van der Waals surface area (Å²) in [5.41, 5.74) is 0.888. The van der Waals surface area contributed by atoms with Crippen molar-refractivity contribution in [3.8, 4) is 5.75 Å². The van der Waals surface area contributed by atoms with E-state index in [0.29, 0.717) is 29.8 Å². The van der Waals surface area contributed by atoms with E-state index in [1.54, 1.807) is 0 Å². The van der Waals surface area contributed by atoms with Gasteiger partial charge < -0.3 is 15.4 Å². The van der Waals surface area contributed by atoms with E-state index >= 15 is 0 Å². The highest BCUT2D eigenvalue weighted by Gasteiger charge is 2.10. The minimum absolute atomic E-state index is 0.00532. The van der Waals surface area contributed by atoms with Gasteiger partial charge in [0.25, 0.3) is 5.91 Å². The maximum absolute atomic E-state index is 11.4. The van der Waals surface area contributed by atoms with Gasteiger partial charge in [-0.15, -0.1) is 0 Å². The molecule has 112 valence electrons. The monoisotopic (exact) mass is 298 g/mol. The largest absolute Gasteiger partial charge is 0.483 e. The highest BCUT2D eigenvalue weighted by Crippen LogP contribution is 2.26. The fourth-order valence-electron chi connectivity index (χ4n) is 1.72. The summed E-state index contributed by atoms with van der Waals surface area (Å²) in [6.07, 6.45) is 0. The highest BCUT2D eigenvalue weighted by atomic mass is 35.5. The molecule has 0 radical (unpaired) electrons. The third kappa shape index (κ3) is 5.80. The standard InChI is InChI=1S/C15H23ClN2O2/c1-4-18-15(19)10-20-14-7-5-6-13(16)12(14)9-17-8-11(2)3/h5-7,11,17H,4,8-10H2,1-3H3,(H,18,19). The number of nitrogens with one attached hydrogen (secondary N) is 2. The normalized spacial score (nSPS) is 10.7. The fourth-order valence-corrected chi connectivity index (χ4v) is 1.96. The van der Waals surface area contributed by atoms with E-state index in [1.165, 1.54) is 0 Å². The summed E-state index contributed by atoms with van der Waals surface area (Å²) < 4.78 is 5.55. The number of hydrogen-bond donors (Lipinski definition) is 2. The first-order valence-corrected chi connectivity index (χ1v) is 7.30. The first kappa shape index (κ1) is 16.8. The Hall–Kier alpha value is -1.26. The number of hydrogen-bond acceptors (Lipinski definition) is 3. The van der Waals surface area contributed by atoms with Gasteiger partial charge in [0.15, 0.2) is 6.61 Å². The van der Waals surface area contributed by atoms with Crippen LogP contribution in [-0.4, -0.2) is 25.6 Å². The van der Waals surface area contributed by atoms with Crippen LogP contribution in [0.15, 0.2) is 18.2 Å². The molecule has 1 aromatic carbocycles. The molecule has 0 aromatic heterocycles. The molecule has 0 saturated carbocycles. The third-order valence-electron chi connectivity index (χ3n) is 2.66. The molecular formula is C15H23ClN2O2. The summed E-state index contributed by atoms with van der Waals surface area (Å²) in [6.45, 7) is 8.30. The highest BCUT2D eigenvalue weighted by molar-refractivity contribution is 6.31. The van der Waals surface area contributed by atoms with Crippen LogP contribution in [0.25, 0.3) is 0 Å². The van der Waals surface area contributed by atoms with Crippen molar-refractivity contribution in [2.45, 2.75) is 27.3 Å². The van der Waals surface area contributed by atoms with Crippen molar-refractivity contribution >= 4 is 17.5 Å². The minimum Gasteiger partial charge on any atom is -0.483 e. The Kier molecular flexibility index (Phi) is 7.41. The molecule has 0 spiro atoms. The smallest absolute Gasteiger partial charge is 0.257 e. The molecule has 0 saturated heterocycles. The van der Waals surface area contributed by atoms with E-state index in [0.717, 1.165) is 12.1 Å². The zero-order valence-electron chi connectivity index (χ0n) is 12.3. The van der Waals surface area contributed by atoms with Crippen LogP contribution in [0.3, 0.4) is 0 Å². The summed E-state index contributed by atoms with van der Waals surface area (Å²) >= 11 is 6.20. The van der Waals surface area contributed by atoms with E-state index < -0.39 is 0 Å². The molecule has 1 rings (SSSR count). The summed E-state index contributed by atoms with van der Waals surface area (Å²) in [5, 5.41) is 6.67. The minimum atomic E-state index is -0.131. The lowest BCUT2D eigenvalue weighted by molar-refractivity contribution is -0.122. The number of ether oxygens (including phenoxy) is 1. The van der Waals surface area contributed by atoms with Gasteiger partial charge >= 0.3 is 0 Å². The van der Waals surface area contributed by atoms with Gasteiger partial charge in [0.2, 0.25) is 0 Å². The van der Waals surface area contributed by atoms with Crippen molar-refractivity contribution in [3.63, 3.8) is 0 Å². The first-order valence-electron chi connectivity index (χ1n) is 6.92. The Morgan fingerprint density at radius 3 is 2.80 bits per heavy atom. The van der Waals surface area contributed by atoms with Crippen molar-refractivity contribution in [2.75, 3.05) is 19.7 Å². The van der Waals surface area contributed by atoms with Crippen LogP contribution < -0.4 is 15.4 Å². The lowest BCUT2D eigenvalue weighted by Gasteiger charge is -2.14. The maximum Gasteiger partial charge on any atom is 0.257 e. The summed E-state index contributed by atoms with van der Waals surface area (Å²) in [6, 6.07) is 5.48. The molecule has 0 bridgehead atoms. The first-order chi connectivity index (χ1) is 9.54. The molecule has 0 atom stereocenters. The number of carbonyl (C=O) groups excluding carboxylic acids is 1. The zero-order chi connectivity index (χ0) is 15.0. The van der Waals surface area contributed by atoms with E-state index in [9.17, 15) is 4.79 Å². The molecule has 0 aliphatic carbocycles. The molecule has 0 unspecified atom stereocenters. The summed E-state index contributed by atoms with van der Waals surface area (Å²) in [5.74, 6) is 1.09. The number of carbonyl (C=O) groups is 1. The predicted octanol–water partition coefficient (Wildman–Crippen LogP) is 2.60. The molecular weight excluding hydrogens is 276 g/mol. The van der Waals surface area contributed by atoms with Crippen LogP contribution in [-0.2, 0) is 11.3 Å². The second kappa shape index (κ2) is 8.82. The SMILES string of the molecule is CCNC(=O)COc1cccc(Cl)c1CNCC(C)C. The van der Waals surface area contributed by atoms with Gasteiger partial charge in [0, 0.05) is 23.7 Å². The molecule has 4 nitrogen and oxygen atoms in total. The molecule has 0 fully saturated rings. The predicted molar refractivity (Wildman–Crippen MR) is 82.2 cm³/mol. The van der Waals surface area contributed by atoms with E-state index in [-0.39, 0.29) is 12.5 Å². The lowest BCUT2D eigenvalue weighted by Crippen LogP contribution is -2.28. The van der Waals surface area contributed by atoms with Crippen molar-refractivity contribution in [1.29, 1.82) is 0 Å². The number of halogens is 1. The average Bonchev–Trinajstić information content (AvgIpc) is 2.39. The number of amides is 1. The summed E-state index contributed by atoms with van der Waals surface area (Å²) in [7, 11) is 0. The van der Waals surface area contributed by atoms with Gasteiger partial charge in [-0.25, -0.2) is 0 Å². The molecule has 1 amide bonds. The molecule has 2 N–H and O–H groups in total. The van der Waals surface area contributed by atoms with Crippen molar-refractivity contribution in [3.05, 3.63) is 28.8 Å². The Labute approximate surface area is 125 Å². The van der Waals surface area contributed by atoms with E-state index in [2.05, 4.69) is 24.5 Å². The number of rotatable bonds is 8. The quantitative estimate of drug-likeness (QED) is 0.775. The van der Waals surface area contributed by atoms with Gasteiger partial charge in [0.05, 0.1) is 0 Å². The van der Waals surface area contributed by atoms with Crippen LogP contribution in [0.1, 0.15) is 26.3 Å². The van der Waals surface area contributed by atoms with Gasteiger partial charge in [-0.1, -0.05) is 31.5 Å². The second-order valence-corrected chi connectivity index (χ2v) is 5.39. The molecule has 1 aromatic rings. The molecule has 0 aliphatic heterocycles. The van der Waals surface area contributed by atoms with Gasteiger partial charge in [-0.3, -0.25) is 4.79 Å². The number of likely N-dealkylation sites (N-methyl/N-ethyl adjacent to an activating group) is 1. The van der Waals surface area contributed by atoms with Crippen molar-refractivity contribution < 1.29 is 9.53 Å². The van der Waals surface area contributed by atoms with Gasteiger partial charge in [0.1, 0.15) is 5.75 Å². The molecule has 5 heteroatoms. The fraction of sp³-hybridized carbons (Fsp3) is 0.533. The lowest BCUT2D eigenvalue weighted by atomic mass is 10.1. The van der Waals surface area contributed by atoms with Crippen LogP contribution in [0.4, 0.5) is 0 Å².